The van der Waals surface area contributed by atoms with E-state index >= 15 is 0 Å². The van der Waals surface area contributed by atoms with Gasteiger partial charge in [-0.25, -0.2) is 4.79 Å². The molecule has 5 nitrogen and oxygen atoms in total. The molecular formula is C14H14N2O3S. The van der Waals surface area contributed by atoms with Crippen molar-refractivity contribution in [1.82, 2.24) is 0 Å². The molecule has 0 saturated heterocycles. The average molecular weight is 290 g/mol. The summed E-state index contributed by atoms with van der Waals surface area (Å²) in [7, 11) is 1.62. The molecule has 1 aromatic carbocycles. The molecule has 0 radical (unpaired) electrons. The number of carbonyl (C=O) groups excluding carboxylic acids is 1. The third-order valence-electron chi connectivity index (χ3n) is 2.95. The lowest BCUT2D eigenvalue weighted by atomic mass is 10.1. The van der Waals surface area contributed by atoms with Crippen molar-refractivity contribution in [2.24, 2.45) is 5.73 Å². The van der Waals surface area contributed by atoms with Gasteiger partial charge in [0.15, 0.2) is 0 Å². The number of carboxylic acid groups (broad SMARTS) is 1. The molecule has 2 aromatic rings. The monoisotopic (exact) mass is 290 g/mol. The third kappa shape index (κ3) is 2.87. The number of rotatable bonds is 4. The molecule has 0 aliphatic heterocycles. The van der Waals surface area contributed by atoms with Gasteiger partial charge >= 0.3 is 5.97 Å². The van der Waals surface area contributed by atoms with Gasteiger partial charge in [-0.3, -0.25) is 4.79 Å². The number of nitrogens with zero attached hydrogens (tertiary/aromatic N) is 1. The Hall–Kier alpha value is -2.18. The molecular weight excluding hydrogens is 276 g/mol. The van der Waals surface area contributed by atoms with Crippen LogP contribution in [0.2, 0.25) is 0 Å². The summed E-state index contributed by atoms with van der Waals surface area (Å²) in [5.41, 5.74) is 6.71. The smallest absolute Gasteiger partial charge is 0.335 e. The number of nitrogens with two attached hydrogens (primary N) is 1. The van der Waals surface area contributed by atoms with Crippen LogP contribution < -0.4 is 10.6 Å². The number of anilines is 1. The molecule has 0 aliphatic carbocycles. The molecule has 1 heterocycles. The highest BCUT2D eigenvalue weighted by Crippen LogP contribution is 2.22. The molecule has 0 fully saturated rings. The first-order valence-electron chi connectivity index (χ1n) is 5.90. The van der Waals surface area contributed by atoms with E-state index in [0.29, 0.717) is 5.69 Å². The summed E-state index contributed by atoms with van der Waals surface area (Å²) < 4.78 is 0. The minimum atomic E-state index is -0.999. The molecule has 1 atom stereocenters. The first kappa shape index (κ1) is 14.2. The van der Waals surface area contributed by atoms with Crippen molar-refractivity contribution in [2.45, 2.75) is 6.04 Å². The van der Waals surface area contributed by atoms with E-state index in [-0.39, 0.29) is 11.5 Å². The van der Waals surface area contributed by atoms with Crippen molar-refractivity contribution < 1.29 is 14.7 Å². The van der Waals surface area contributed by atoms with E-state index < -0.39 is 12.0 Å². The number of hydrogen-bond acceptors (Lipinski definition) is 4. The predicted molar refractivity (Wildman–Crippen MR) is 78.1 cm³/mol. The van der Waals surface area contributed by atoms with Crippen molar-refractivity contribution in [3.63, 3.8) is 0 Å². The maximum absolute atomic E-state index is 12.3. The fourth-order valence-corrected chi connectivity index (χ4v) is 2.47. The molecule has 0 aliphatic rings. The summed E-state index contributed by atoms with van der Waals surface area (Å²) >= 11 is 1.43. The molecule has 3 N–H and O–H groups in total. The van der Waals surface area contributed by atoms with Crippen molar-refractivity contribution in [3.05, 3.63) is 52.2 Å². The molecule has 0 bridgehead atoms. The van der Waals surface area contributed by atoms with Crippen LogP contribution in [0.4, 0.5) is 5.69 Å². The topological polar surface area (TPSA) is 83.6 Å². The van der Waals surface area contributed by atoms with E-state index in [2.05, 4.69) is 0 Å². The molecule has 1 unspecified atom stereocenters. The second-order valence-electron chi connectivity index (χ2n) is 4.24. The number of hydrogen-bond donors (Lipinski definition) is 2. The second kappa shape index (κ2) is 5.85. The minimum absolute atomic E-state index is 0.178. The second-order valence-corrected chi connectivity index (χ2v) is 5.22. The van der Waals surface area contributed by atoms with E-state index in [1.54, 1.807) is 19.2 Å². The standard InChI is InChI=1S/C14H14N2O3S/c1-16(10-6-4-9(5-7-10)14(18)19)13(17)12(15)11-3-2-8-20-11/h2-8,12H,15H2,1H3,(H,18,19). The maximum Gasteiger partial charge on any atom is 0.335 e. The summed E-state index contributed by atoms with van der Waals surface area (Å²) in [6, 6.07) is 9.03. The molecule has 2 rings (SSSR count). The molecule has 0 saturated carbocycles. The van der Waals surface area contributed by atoms with Gasteiger partial charge in [0, 0.05) is 17.6 Å². The lowest BCUT2D eigenvalue weighted by Gasteiger charge is -2.21. The molecule has 1 amide bonds. The SMILES string of the molecule is CN(C(=O)C(N)c1cccs1)c1ccc(C(=O)O)cc1. The Morgan fingerprint density at radius 3 is 2.40 bits per heavy atom. The van der Waals surface area contributed by atoms with Crippen LogP contribution in [0.3, 0.4) is 0 Å². The van der Waals surface area contributed by atoms with E-state index in [1.807, 2.05) is 17.5 Å². The highest BCUT2D eigenvalue weighted by Gasteiger charge is 2.21. The van der Waals surface area contributed by atoms with Crippen molar-refractivity contribution in [1.29, 1.82) is 0 Å². The highest BCUT2D eigenvalue weighted by molar-refractivity contribution is 7.10. The number of likely N-dealkylation sites (N-methyl/N-ethyl adjacent to an activating group) is 1. The van der Waals surface area contributed by atoms with E-state index in [4.69, 9.17) is 10.8 Å². The van der Waals surface area contributed by atoms with Crippen LogP contribution in [0.25, 0.3) is 0 Å². The zero-order chi connectivity index (χ0) is 14.7. The van der Waals surface area contributed by atoms with Crippen LogP contribution >= 0.6 is 11.3 Å². The van der Waals surface area contributed by atoms with Gasteiger partial charge in [0.25, 0.3) is 0 Å². The van der Waals surface area contributed by atoms with Crippen LogP contribution in [-0.4, -0.2) is 24.0 Å². The maximum atomic E-state index is 12.3. The fraction of sp³-hybridized carbons (Fsp3) is 0.143. The number of benzene rings is 1. The van der Waals surface area contributed by atoms with Gasteiger partial charge in [0.2, 0.25) is 5.91 Å². The number of carbonyl (C=O) groups is 2. The predicted octanol–water partition coefficient (Wildman–Crippen LogP) is 2.11. The van der Waals surface area contributed by atoms with Gasteiger partial charge in [0.05, 0.1) is 5.56 Å². The Morgan fingerprint density at radius 1 is 1.25 bits per heavy atom. The lowest BCUT2D eigenvalue weighted by Crippen LogP contribution is -2.35. The van der Waals surface area contributed by atoms with Gasteiger partial charge in [-0.15, -0.1) is 11.3 Å². The van der Waals surface area contributed by atoms with Crippen LogP contribution in [0, 0.1) is 0 Å². The van der Waals surface area contributed by atoms with Crippen molar-refractivity contribution in [3.8, 4) is 0 Å². The Balaban J connectivity index is 2.16. The zero-order valence-corrected chi connectivity index (χ0v) is 11.6. The first-order valence-corrected chi connectivity index (χ1v) is 6.78. The van der Waals surface area contributed by atoms with Crippen LogP contribution in [0.1, 0.15) is 21.3 Å². The molecule has 1 aromatic heterocycles. The number of aromatic carboxylic acids is 1. The quantitative estimate of drug-likeness (QED) is 0.903. The van der Waals surface area contributed by atoms with Crippen molar-refractivity contribution in [2.75, 3.05) is 11.9 Å². The highest BCUT2D eigenvalue weighted by atomic mass is 32.1. The van der Waals surface area contributed by atoms with Gasteiger partial charge in [0.1, 0.15) is 6.04 Å². The summed E-state index contributed by atoms with van der Waals surface area (Å²) in [5, 5.41) is 10.7. The van der Waals surface area contributed by atoms with E-state index in [9.17, 15) is 9.59 Å². The fourth-order valence-electron chi connectivity index (χ4n) is 1.75. The van der Waals surface area contributed by atoms with Crippen LogP contribution in [-0.2, 0) is 4.79 Å². The molecule has 20 heavy (non-hydrogen) atoms. The minimum Gasteiger partial charge on any atom is -0.478 e. The van der Waals surface area contributed by atoms with E-state index in [1.165, 1.54) is 28.4 Å². The largest absolute Gasteiger partial charge is 0.478 e. The van der Waals surface area contributed by atoms with Crippen molar-refractivity contribution >= 4 is 28.9 Å². The summed E-state index contributed by atoms with van der Waals surface area (Å²) in [4.78, 5) is 25.3. The van der Waals surface area contributed by atoms with Gasteiger partial charge < -0.3 is 15.7 Å². The number of carboxylic acids is 1. The molecule has 6 heteroatoms. The van der Waals surface area contributed by atoms with Gasteiger partial charge in [-0.1, -0.05) is 6.07 Å². The van der Waals surface area contributed by atoms with E-state index in [0.717, 1.165) is 4.88 Å². The molecule has 104 valence electrons. The van der Waals surface area contributed by atoms with Crippen LogP contribution in [0.15, 0.2) is 41.8 Å². The Labute approximate surface area is 120 Å². The first-order chi connectivity index (χ1) is 9.50. The third-order valence-corrected chi connectivity index (χ3v) is 3.90. The summed E-state index contributed by atoms with van der Waals surface area (Å²) in [6.07, 6.45) is 0. The Morgan fingerprint density at radius 2 is 1.90 bits per heavy atom. The lowest BCUT2D eigenvalue weighted by molar-refractivity contribution is -0.119. The van der Waals surface area contributed by atoms with Gasteiger partial charge in [-0.2, -0.15) is 0 Å². The Kier molecular flexibility index (Phi) is 4.16. The summed E-state index contributed by atoms with van der Waals surface area (Å²) in [6.45, 7) is 0. The normalized spacial score (nSPS) is 11.9. The zero-order valence-electron chi connectivity index (χ0n) is 10.8. The van der Waals surface area contributed by atoms with Gasteiger partial charge in [-0.05, 0) is 35.7 Å². The number of thiophene rings is 1. The summed E-state index contributed by atoms with van der Waals surface area (Å²) in [5.74, 6) is -1.24. The number of amides is 1. The van der Waals surface area contributed by atoms with Crippen LogP contribution in [0.5, 0.6) is 0 Å². The molecule has 0 spiro atoms. The average Bonchev–Trinajstić information content (AvgIpc) is 2.99. The Bertz CT molecular complexity index is 608.